The van der Waals surface area contributed by atoms with E-state index in [9.17, 15) is 23.6 Å². The molecule has 15 heteroatoms. The van der Waals surface area contributed by atoms with Crippen LogP contribution in [0.3, 0.4) is 0 Å². The van der Waals surface area contributed by atoms with Gasteiger partial charge in [0.05, 0.1) is 23.4 Å². The number of alkyl halides is 2. The number of ether oxygens (including phenoxy) is 1. The predicted molar refractivity (Wildman–Crippen MR) is 162 cm³/mol. The van der Waals surface area contributed by atoms with Crippen molar-refractivity contribution in [1.29, 1.82) is 5.26 Å². The van der Waals surface area contributed by atoms with Crippen molar-refractivity contribution in [1.82, 2.24) is 34.6 Å². The van der Waals surface area contributed by atoms with Gasteiger partial charge in [-0.1, -0.05) is 0 Å². The molecule has 1 aromatic carbocycles. The van der Waals surface area contributed by atoms with Crippen molar-refractivity contribution in [3.8, 4) is 23.1 Å². The summed E-state index contributed by atoms with van der Waals surface area (Å²) in [5, 5.41) is 24.4. The Labute approximate surface area is 261 Å². The van der Waals surface area contributed by atoms with Gasteiger partial charge in [0.15, 0.2) is 5.65 Å². The predicted octanol–water partition coefficient (Wildman–Crippen LogP) is 4.05. The highest BCUT2D eigenvalue weighted by Gasteiger charge is 2.43. The minimum Gasteiger partial charge on any atom is -0.434 e. The summed E-state index contributed by atoms with van der Waals surface area (Å²) in [5.74, 6) is -0.816. The van der Waals surface area contributed by atoms with Crippen LogP contribution in [0.1, 0.15) is 36.0 Å². The van der Waals surface area contributed by atoms with Crippen LogP contribution >= 0.6 is 11.8 Å². The zero-order valence-corrected chi connectivity index (χ0v) is 25.3. The molecule has 0 spiro atoms. The molecule has 1 aliphatic carbocycles. The van der Waals surface area contributed by atoms with Crippen LogP contribution in [0.4, 0.5) is 14.5 Å². The van der Waals surface area contributed by atoms with Gasteiger partial charge in [-0.15, -0.1) is 11.8 Å². The topological polar surface area (TPSA) is 142 Å². The molecule has 45 heavy (non-hydrogen) atoms. The number of rotatable bonds is 11. The van der Waals surface area contributed by atoms with Gasteiger partial charge in [-0.25, -0.2) is 9.50 Å². The van der Waals surface area contributed by atoms with Crippen LogP contribution in [0.15, 0.2) is 53.9 Å². The van der Waals surface area contributed by atoms with Gasteiger partial charge < -0.3 is 20.3 Å². The first-order valence-corrected chi connectivity index (χ1v) is 15.7. The number of amides is 2. The fraction of sp³-hybridized carbons (Fsp3) is 0.400. The normalized spacial score (nSPS) is 16.1. The molecule has 234 valence electrons. The number of hydrogen-bond acceptors (Lipinski definition) is 9. The number of hydrogen-bond donors (Lipinski definition) is 2. The number of anilines is 1. The smallest absolute Gasteiger partial charge is 0.387 e. The molecule has 6 rings (SSSR count). The number of piperidine rings is 1. The van der Waals surface area contributed by atoms with Gasteiger partial charge in [0.1, 0.15) is 23.6 Å². The number of nitrogens with one attached hydrogen (secondary N) is 2. The highest BCUT2D eigenvalue weighted by molar-refractivity contribution is 7.98. The summed E-state index contributed by atoms with van der Waals surface area (Å²) in [6, 6.07) is 9.05. The first kappa shape index (κ1) is 30.5. The monoisotopic (exact) mass is 635 g/mol. The van der Waals surface area contributed by atoms with Gasteiger partial charge in [-0.05, 0) is 56.2 Å². The third kappa shape index (κ3) is 6.76. The molecule has 2 N–H and O–H groups in total. The Balaban J connectivity index is 1.23. The number of nitriles is 1. The van der Waals surface area contributed by atoms with E-state index in [1.165, 1.54) is 39.4 Å². The summed E-state index contributed by atoms with van der Waals surface area (Å²) < 4.78 is 34.4. The van der Waals surface area contributed by atoms with E-state index in [-0.39, 0.29) is 52.2 Å². The van der Waals surface area contributed by atoms with Crippen LogP contribution in [0, 0.1) is 16.7 Å². The molecule has 12 nitrogen and oxygen atoms in total. The van der Waals surface area contributed by atoms with Crippen molar-refractivity contribution in [2.45, 2.75) is 49.8 Å². The van der Waals surface area contributed by atoms with E-state index in [0.29, 0.717) is 25.3 Å². The summed E-state index contributed by atoms with van der Waals surface area (Å²) in [4.78, 5) is 33.5. The number of halogens is 2. The maximum absolute atomic E-state index is 13.4. The van der Waals surface area contributed by atoms with E-state index >= 15 is 0 Å². The number of carbonyl (C=O) groups excluding carboxylic acids is 2. The van der Waals surface area contributed by atoms with Crippen LogP contribution in [-0.2, 0) is 11.3 Å². The Hall–Kier alpha value is -4.55. The summed E-state index contributed by atoms with van der Waals surface area (Å²) in [6.07, 6.45) is 11.3. The lowest BCUT2D eigenvalue weighted by molar-refractivity contribution is -0.133. The lowest BCUT2D eigenvalue weighted by Crippen LogP contribution is -2.46. The number of aromatic nitrogens is 5. The van der Waals surface area contributed by atoms with Crippen molar-refractivity contribution in [2.75, 3.05) is 31.2 Å². The van der Waals surface area contributed by atoms with Gasteiger partial charge in [-0.3, -0.25) is 14.3 Å². The van der Waals surface area contributed by atoms with Crippen molar-refractivity contribution in [3.05, 3.63) is 54.6 Å². The highest BCUT2D eigenvalue weighted by Crippen LogP contribution is 2.44. The molecule has 0 bridgehead atoms. The summed E-state index contributed by atoms with van der Waals surface area (Å²) in [7, 11) is 0. The van der Waals surface area contributed by atoms with Gasteiger partial charge in [-0.2, -0.15) is 24.2 Å². The van der Waals surface area contributed by atoms with Crippen LogP contribution in [0.2, 0.25) is 0 Å². The maximum atomic E-state index is 13.4. The SMILES string of the molecule is CSc1ccc(OC(F)F)c(-c2nn(CC(=O)N3CCC(NCC4(C#N)CC4)CC3)cc2NC(=O)c2cnn3cccnc23)c1. The van der Waals surface area contributed by atoms with Crippen LogP contribution in [0.25, 0.3) is 16.9 Å². The molecular weight excluding hydrogens is 604 g/mol. The number of fused-ring (bicyclic) bond motifs is 1. The Morgan fingerprint density at radius 3 is 2.78 bits per heavy atom. The molecule has 1 saturated heterocycles. The van der Waals surface area contributed by atoms with Crippen molar-refractivity contribution in [3.63, 3.8) is 0 Å². The van der Waals surface area contributed by atoms with Crippen LogP contribution < -0.4 is 15.4 Å². The summed E-state index contributed by atoms with van der Waals surface area (Å²) in [6.45, 7) is -1.42. The van der Waals surface area contributed by atoms with Gasteiger partial charge in [0.25, 0.3) is 5.91 Å². The average Bonchev–Trinajstić information content (AvgIpc) is 3.53. The van der Waals surface area contributed by atoms with E-state index < -0.39 is 12.5 Å². The van der Waals surface area contributed by atoms with E-state index in [0.717, 1.165) is 30.6 Å². The van der Waals surface area contributed by atoms with Crippen molar-refractivity contribution in [2.24, 2.45) is 5.41 Å². The van der Waals surface area contributed by atoms with E-state index in [4.69, 9.17) is 4.74 Å². The summed E-state index contributed by atoms with van der Waals surface area (Å²) in [5.41, 5.74) is 0.916. The molecule has 2 amide bonds. The Bertz CT molecular complexity index is 1760. The Morgan fingerprint density at radius 1 is 1.27 bits per heavy atom. The molecule has 0 atom stereocenters. The number of thioether (sulfide) groups is 1. The number of carbonyl (C=O) groups is 2. The second-order valence-corrected chi connectivity index (χ2v) is 12.0. The quantitative estimate of drug-likeness (QED) is 0.233. The second-order valence-electron chi connectivity index (χ2n) is 11.2. The molecule has 4 aromatic rings. The molecule has 2 fully saturated rings. The van der Waals surface area contributed by atoms with Crippen LogP contribution in [-0.4, -0.2) is 79.6 Å². The van der Waals surface area contributed by atoms with Crippen molar-refractivity contribution < 1.29 is 23.1 Å². The maximum Gasteiger partial charge on any atom is 0.387 e. The van der Waals surface area contributed by atoms with Crippen LogP contribution in [0.5, 0.6) is 5.75 Å². The molecular formula is C30H31F2N9O3S. The summed E-state index contributed by atoms with van der Waals surface area (Å²) >= 11 is 1.40. The molecule has 0 unspecified atom stereocenters. The minimum atomic E-state index is -3.08. The Morgan fingerprint density at radius 2 is 2.07 bits per heavy atom. The zero-order chi connectivity index (χ0) is 31.6. The first-order chi connectivity index (χ1) is 21.8. The zero-order valence-electron chi connectivity index (χ0n) is 24.4. The second kappa shape index (κ2) is 12.8. The number of likely N-dealkylation sites (tertiary alicyclic amines) is 1. The lowest BCUT2D eigenvalue weighted by atomic mass is 10.0. The lowest BCUT2D eigenvalue weighted by Gasteiger charge is -2.33. The first-order valence-electron chi connectivity index (χ1n) is 14.5. The van der Waals surface area contributed by atoms with E-state index in [1.807, 2.05) is 6.26 Å². The third-order valence-electron chi connectivity index (χ3n) is 8.16. The van der Waals surface area contributed by atoms with Gasteiger partial charge in [0.2, 0.25) is 5.91 Å². The van der Waals surface area contributed by atoms with Crippen molar-refractivity contribution >= 4 is 34.9 Å². The molecule has 4 heterocycles. The Kier molecular flexibility index (Phi) is 8.68. The third-order valence-corrected chi connectivity index (χ3v) is 8.88. The molecule has 3 aromatic heterocycles. The van der Waals surface area contributed by atoms with Gasteiger partial charge >= 0.3 is 6.61 Å². The minimum absolute atomic E-state index is 0.119. The number of benzene rings is 1. The molecule has 2 aliphatic rings. The largest absolute Gasteiger partial charge is 0.434 e. The fourth-order valence-electron chi connectivity index (χ4n) is 5.38. The standard InChI is InChI=1S/C30H31F2N9O3S/c1-45-20-3-4-24(44-29(31)32)21(13-20)26-23(37-28(43)22-14-36-41-10-2-9-34-27(22)41)15-40(38-26)16-25(42)39-11-5-19(6-12-39)35-18-30(17-33)7-8-30/h2-4,9-10,13-15,19,29,35H,5-8,11-12,16,18H2,1H3,(H,37,43). The van der Waals surface area contributed by atoms with Gasteiger partial charge in [0, 0.05) is 54.7 Å². The molecule has 0 radical (unpaired) electrons. The molecule has 1 aliphatic heterocycles. The average molecular weight is 636 g/mol. The molecule has 1 saturated carbocycles. The highest BCUT2D eigenvalue weighted by atomic mass is 32.2. The van der Waals surface area contributed by atoms with E-state index in [2.05, 4.69) is 31.9 Å². The fourth-order valence-corrected chi connectivity index (χ4v) is 5.82. The van der Waals surface area contributed by atoms with E-state index in [1.54, 1.807) is 35.5 Å². The number of nitrogens with zero attached hydrogens (tertiary/aromatic N) is 7.